The molecule has 12 heteroatoms. The van der Waals surface area contributed by atoms with Gasteiger partial charge in [-0.15, -0.1) is 0 Å². The minimum absolute atomic E-state index is 0.0525. The molecule has 1 fully saturated rings. The molecule has 2 aromatic carbocycles. The number of para-hydroxylation sites is 1. The zero-order valence-electron chi connectivity index (χ0n) is 18.3. The van der Waals surface area contributed by atoms with E-state index < -0.39 is 18.0 Å². The van der Waals surface area contributed by atoms with Gasteiger partial charge in [-0.2, -0.15) is 13.2 Å². The van der Waals surface area contributed by atoms with Crippen molar-refractivity contribution in [2.45, 2.75) is 13.1 Å². The lowest BCUT2D eigenvalue weighted by Gasteiger charge is -2.36. The van der Waals surface area contributed by atoms with Gasteiger partial charge in [-0.3, -0.25) is 14.9 Å². The molecule has 0 aliphatic carbocycles. The maximum absolute atomic E-state index is 12.6. The van der Waals surface area contributed by atoms with Crippen LogP contribution in [0.4, 0.5) is 24.5 Å². The number of thiocarbonyl (C=S) groups is 1. The molecule has 0 unspecified atom stereocenters. The second kappa shape index (κ2) is 10.5. The average Bonchev–Trinajstić information content (AvgIpc) is 2.78. The summed E-state index contributed by atoms with van der Waals surface area (Å²) in [5.74, 6) is -1.82. The summed E-state index contributed by atoms with van der Waals surface area (Å²) in [6.45, 7) is 2.12. The number of alkyl halides is 3. The lowest BCUT2D eigenvalue weighted by Crippen LogP contribution is -2.52. The van der Waals surface area contributed by atoms with Crippen LogP contribution in [0.2, 0.25) is 5.02 Å². The molecule has 7 nitrogen and oxygen atoms in total. The number of halogens is 4. The van der Waals surface area contributed by atoms with Gasteiger partial charge in [0.25, 0.3) is 5.91 Å². The fraction of sp³-hybridized carbons (Fsp3) is 0.318. The molecule has 1 heterocycles. The van der Waals surface area contributed by atoms with E-state index in [1.807, 2.05) is 13.0 Å². The molecule has 0 spiro atoms. The molecule has 0 radical (unpaired) electrons. The van der Waals surface area contributed by atoms with E-state index in [-0.39, 0.29) is 31.3 Å². The number of amides is 2. The van der Waals surface area contributed by atoms with Gasteiger partial charge in [0, 0.05) is 31.9 Å². The van der Waals surface area contributed by atoms with Gasteiger partial charge in [0.1, 0.15) is 5.75 Å². The fourth-order valence-electron chi connectivity index (χ4n) is 3.61. The summed E-state index contributed by atoms with van der Waals surface area (Å²) < 4.78 is 43.2. The van der Waals surface area contributed by atoms with Gasteiger partial charge in [-0.1, -0.05) is 23.7 Å². The summed E-state index contributed by atoms with van der Waals surface area (Å²) in [5.41, 5.74) is 2.27. The Hall–Kier alpha value is -3.05. The van der Waals surface area contributed by atoms with Gasteiger partial charge in [0.15, 0.2) is 5.11 Å². The second-order valence-corrected chi connectivity index (χ2v) is 8.32. The van der Waals surface area contributed by atoms with Crippen LogP contribution >= 0.6 is 23.8 Å². The number of nitrogens with zero attached hydrogens (tertiary/aromatic N) is 2. The van der Waals surface area contributed by atoms with E-state index in [0.29, 0.717) is 27.7 Å². The Morgan fingerprint density at radius 2 is 1.79 bits per heavy atom. The Morgan fingerprint density at radius 3 is 2.38 bits per heavy atom. The van der Waals surface area contributed by atoms with Crippen molar-refractivity contribution in [1.82, 2.24) is 10.2 Å². The maximum Gasteiger partial charge on any atom is 0.471 e. The number of hydrogen-bond acceptors (Lipinski definition) is 5. The van der Waals surface area contributed by atoms with E-state index in [0.717, 1.165) is 10.5 Å². The van der Waals surface area contributed by atoms with Crippen molar-refractivity contribution >= 4 is 52.1 Å². The van der Waals surface area contributed by atoms with Gasteiger partial charge >= 0.3 is 12.1 Å². The molecule has 1 saturated heterocycles. The van der Waals surface area contributed by atoms with E-state index in [1.165, 1.54) is 7.11 Å². The quantitative estimate of drug-likeness (QED) is 0.601. The number of hydrogen-bond donors (Lipinski definition) is 2. The Labute approximate surface area is 204 Å². The van der Waals surface area contributed by atoms with E-state index in [2.05, 4.69) is 10.6 Å². The molecule has 2 aromatic rings. The number of rotatable bonds is 4. The van der Waals surface area contributed by atoms with Crippen LogP contribution < -0.4 is 20.3 Å². The van der Waals surface area contributed by atoms with Crippen molar-refractivity contribution in [3.8, 4) is 5.75 Å². The molecular weight excluding hydrogens is 493 g/mol. The van der Waals surface area contributed by atoms with Crippen LogP contribution in [0.1, 0.15) is 15.9 Å². The molecule has 0 aromatic heterocycles. The molecule has 0 bridgehead atoms. The molecule has 3 rings (SSSR count). The van der Waals surface area contributed by atoms with Crippen LogP contribution in [0.25, 0.3) is 0 Å². The standard InChI is InChI=1S/C22H22ClF3N4O3S/c1-13-4-3-5-15(18(13)33-2)19(31)28-21(34)27-14-6-7-17(16(23)12-14)29-8-10-30(11-9-29)20(32)22(24,25)26/h3-7,12H,8-11H2,1-2H3,(H2,27,28,31,34). The number of carbonyl (C=O) groups excluding carboxylic acids is 2. The van der Waals surface area contributed by atoms with Gasteiger partial charge < -0.3 is 19.9 Å². The van der Waals surface area contributed by atoms with Crippen molar-refractivity contribution in [3.05, 3.63) is 52.5 Å². The number of carbonyl (C=O) groups is 2. The van der Waals surface area contributed by atoms with Crippen LogP contribution in [0.5, 0.6) is 5.75 Å². The smallest absolute Gasteiger partial charge is 0.471 e. The summed E-state index contributed by atoms with van der Waals surface area (Å²) in [6.07, 6.45) is -4.88. The summed E-state index contributed by atoms with van der Waals surface area (Å²) in [5, 5.41) is 5.87. The van der Waals surface area contributed by atoms with E-state index in [4.69, 9.17) is 28.6 Å². The Bertz CT molecular complexity index is 1110. The fourth-order valence-corrected chi connectivity index (χ4v) is 4.12. The molecule has 2 amide bonds. The molecule has 2 N–H and O–H groups in total. The highest BCUT2D eigenvalue weighted by Crippen LogP contribution is 2.30. The van der Waals surface area contributed by atoms with Gasteiger partial charge in [-0.05, 0) is 49.0 Å². The lowest BCUT2D eigenvalue weighted by molar-refractivity contribution is -0.185. The molecule has 0 atom stereocenters. The number of benzene rings is 2. The zero-order valence-corrected chi connectivity index (χ0v) is 19.9. The average molecular weight is 515 g/mol. The number of anilines is 2. The van der Waals surface area contributed by atoms with E-state index in [1.54, 1.807) is 35.2 Å². The van der Waals surface area contributed by atoms with Crippen molar-refractivity contribution in [2.75, 3.05) is 43.5 Å². The van der Waals surface area contributed by atoms with Crippen LogP contribution in [0, 0.1) is 6.92 Å². The first-order valence-electron chi connectivity index (χ1n) is 10.2. The topological polar surface area (TPSA) is 73.9 Å². The Morgan fingerprint density at radius 1 is 1.12 bits per heavy atom. The first-order chi connectivity index (χ1) is 16.0. The Balaban J connectivity index is 1.60. The number of piperazine rings is 1. The number of methoxy groups -OCH3 is 1. The third-order valence-corrected chi connectivity index (χ3v) is 5.75. The summed E-state index contributed by atoms with van der Waals surface area (Å²) in [6, 6.07) is 10.2. The summed E-state index contributed by atoms with van der Waals surface area (Å²) >= 11 is 11.6. The SMILES string of the molecule is COc1c(C)cccc1C(=O)NC(=S)Nc1ccc(N2CCN(C(=O)C(F)(F)F)CC2)c(Cl)c1. The van der Waals surface area contributed by atoms with Gasteiger partial charge in [-0.25, -0.2) is 0 Å². The molecule has 0 saturated carbocycles. The predicted octanol–water partition coefficient (Wildman–Crippen LogP) is 3.99. The molecule has 182 valence electrons. The Kier molecular flexibility index (Phi) is 7.88. The van der Waals surface area contributed by atoms with Crippen molar-refractivity contribution in [1.29, 1.82) is 0 Å². The predicted molar refractivity (Wildman–Crippen MR) is 128 cm³/mol. The van der Waals surface area contributed by atoms with Crippen LogP contribution in [0.3, 0.4) is 0 Å². The normalized spacial score (nSPS) is 13.9. The number of ether oxygens (including phenoxy) is 1. The van der Waals surface area contributed by atoms with E-state index >= 15 is 0 Å². The second-order valence-electron chi connectivity index (χ2n) is 7.51. The summed E-state index contributed by atoms with van der Waals surface area (Å²) in [7, 11) is 1.48. The highest BCUT2D eigenvalue weighted by molar-refractivity contribution is 7.80. The van der Waals surface area contributed by atoms with Crippen molar-refractivity contribution in [3.63, 3.8) is 0 Å². The first-order valence-corrected chi connectivity index (χ1v) is 11.0. The highest BCUT2D eigenvalue weighted by atomic mass is 35.5. The molecular formula is C22H22ClF3N4O3S. The number of nitrogens with one attached hydrogen (secondary N) is 2. The molecule has 1 aliphatic heterocycles. The molecule has 1 aliphatic rings. The monoisotopic (exact) mass is 514 g/mol. The number of aryl methyl sites for hydroxylation is 1. The lowest BCUT2D eigenvalue weighted by atomic mass is 10.1. The van der Waals surface area contributed by atoms with Crippen molar-refractivity contribution < 1.29 is 27.5 Å². The first kappa shape index (κ1) is 25.6. The van der Waals surface area contributed by atoms with Crippen LogP contribution in [-0.2, 0) is 4.79 Å². The minimum Gasteiger partial charge on any atom is -0.496 e. The zero-order chi connectivity index (χ0) is 25.0. The minimum atomic E-state index is -4.88. The van der Waals surface area contributed by atoms with Gasteiger partial charge in [0.05, 0.1) is 23.4 Å². The van der Waals surface area contributed by atoms with Crippen molar-refractivity contribution in [2.24, 2.45) is 0 Å². The highest BCUT2D eigenvalue weighted by Gasteiger charge is 2.43. The van der Waals surface area contributed by atoms with Crippen LogP contribution in [-0.4, -0.2) is 61.3 Å². The van der Waals surface area contributed by atoms with E-state index in [9.17, 15) is 22.8 Å². The maximum atomic E-state index is 12.6. The molecule has 34 heavy (non-hydrogen) atoms. The third-order valence-electron chi connectivity index (χ3n) is 5.24. The third kappa shape index (κ3) is 5.89. The van der Waals surface area contributed by atoms with Crippen LogP contribution in [0.15, 0.2) is 36.4 Å². The largest absolute Gasteiger partial charge is 0.496 e. The summed E-state index contributed by atoms with van der Waals surface area (Å²) in [4.78, 5) is 26.6. The van der Waals surface area contributed by atoms with Gasteiger partial charge in [0.2, 0.25) is 0 Å².